The Balaban J connectivity index is 2.79. The molecule has 0 bridgehead atoms. The highest BCUT2D eigenvalue weighted by molar-refractivity contribution is 5.98. The number of aliphatic carboxylic acids is 1. The Hall–Kier alpha value is -2.08. The van der Waals surface area contributed by atoms with E-state index in [0.717, 1.165) is 0 Å². The van der Waals surface area contributed by atoms with Gasteiger partial charge in [0, 0.05) is 18.8 Å². The number of nitrogens with two attached hydrogens (primary N) is 1. The molecule has 1 aromatic rings. The number of rotatable bonds is 4. The van der Waals surface area contributed by atoms with Crippen LogP contribution in [0.2, 0.25) is 0 Å². The van der Waals surface area contributed by atoms with Crippen molar-refractivity contribution in [2.75, 3.05) is 11.9 Å². The van der Waals surface area contributed by atoms with E-state index in [2.05, 4.69) is 0 Å². The van der Waals surface area contributed by atoms with Crippen LogP contribution in [0.5, 0.6) is 5.75 Å². The molecule has 0 aliphatic heterocycles. The maximum Gasteiger partial charge on any atom is 0.305 e. The number of phenolic OH excluding ortho intramolecular Hbond substituents is 1. The van der Waals surface area contributed by atoms with Gasteiger partial charge in [0.1, 0.15) is 5.75 Å². The first-order chi connectivity index (χ1) is 7.91. The first kappa shape index (κ1) is 13.0. The van der Waals surface area contributed by atoms with Crippen molar-refractivity contribution in [3.8, 4) is 5.75 Å². The first-order valence-corrected chi connectivity index (χ1v) is 4.96. The summed E-state index contributed by atoms with van der Waals surface area (Å²) >= 11 is 0. The fourth-order valence-corrected chi connectivity index (χ4v) is 1.35. The van der Waals surface area contributed by atoms with Gasteiger partial charge in [-0.25, -0.2) is 0 Å². The Morgan fingerprint density at radius 1 is 1.47 bits per heavy atom. The number of hydrogen-bond acceptors (Lipinski definition) is 4. The van der Waals surface area contributed by atoms with Gasteiger partial charge in [0.15, 0.2) is 0 Å². The van der Waals surface area contributed by atoms with E-state index in [1.165, 1.54) is 24.1 Å². The Kier molecular flexibility index (Phi) is 4.06. The number of carbonyl (C=O) groups excluding carboxylic acids is 1. The molecule has 17 heavy (non-hydrogen) atoms. The lowest BCUT2D eigenvalue weighted by Gasteiger charge is -2.20. The van der Waals surface area contributed by atoms with Crippen molar-refractivity contribution in [3.63, 3.8) is 0 Å². The highest BCUT2D eigenvalue weighted by Gasteiger charge is 2.21. The number of nitrogens with zero attached hydrogens (tertiary/aromatic N) is 1. The highest BCUT2D eigenvalue weighted by atomic mass is 16.4. The van der Waals surface area contributed by atoms with Gasteiger partial charge in [0.05, 0.1) is 12.5 Å². The molecule has 6 heteroatoms. The average Bonchev–Trinajstić information content (AvgIpc) is 2.26. The normalized spacial score (nSPS) is 11.9. The quantitative estimate of drug-likeness (QED) is 0.693. The minimum absolute atomic E-state index is 0.0222. The maximum absolute atomic E-state index is 11.7. The second-order valence-corrected chi connectivity index (χ2v) is 3.62. The summed E-state index contributed by atoms with van der Waals surface area (Å²) in [6.07, 6.45) is -0.429. The number of likely N-dealkylation sites (N-methyl/N-ethyl adjacent to an activating group) is 1. The van der Waals surface area contributed by atoms with Gasteiger partial charge in [-0.15, -0.1) is 0 Å². The van der Waals surface area contributed by atoms with Gasteiger partial charge in [-0.1, -0.05) is 6.07 Å². The molecule has 0 aliphatic carbocycles. The van der Waals surface area contributed by atoms with Crippen molar-refractivity contribution in [3.05, 3.63) is 24.3 Å². The lowest BCUT2D eigenvalue weighted by atomic mass is 10.2. The Bertz CT molecular complexity index is 433. The molecule has 0 aromatic heterocycles. The molecule has 0 spiro atoms. The summed E-state index contributed by atoms with van der Waals surface area (Å²) in [5.74, 6) is -1.62. The number of amides is 1. The summed E-state index contributed by atoms with van der Waals surface area (Å²) in [5, 5.41) is 17.8. The molecule has 4 N–H and O–H groups in total. The standard InChI is InChI=1S/C11H14N2O4/c1-13(7-3-2-4-8(14)5-7)11(17)9(12)6-10(15)16/h2-5,9,14H,6,12H2,1H3,(H,15,16). The third kappa shape index (κ3) is 3.46. The molecule has 1 atom stereocenters. The second-order valence-electron chi connectivity index (χ2n) is 3.62. The fourth-order valence-electron chi connectivity index (χ4n) is 1.35. The predicted molar refractivity (Wildman–Crippen MR) is 61.7 cm³/mol. The molecule has 0 heterocycles. The molecule has 1 rings (SSSR count). The highest BCUT2D eigenvalue weighted by Crippen LogP contribution is 2.19. The van der Waals surface area contributed by atoms with Crippen LogP contribution in [-0.2, 0) is 9.59 Å². The maximum atomic E-state index is 11.7. The zero-order valence-corrected chi connectivity index (χ0v) is 9.33. The molecule has 0 saturated heterocycles. The zero-order chi connectivity index (χ0) is 13.0. The molecule has 0 aliphatic rings. The van der Waals surface area contributed by atoms with Crippen molar-refractivity contribution in [1.29, 1.82) is 0 Å². The van der Waals surface area contributed by atoms with Gasteiger partial charge in [0.25, 0.3) is 0 Å². The van der Waals surface area contributed by atoms with E-state index < -0.39 is 24.3 Å². The number of hydrogen-bond donors (Lipinski definition) is 3. The SMILES string of the molecule is CN(C(=O)C(N)CC(=O)O)c1cccc(O)c1. The number of benzene rings is 1. The molecular weight excluding hydrogens is 224 g/mol. The zero-order valence-electron chi connectivity index (χ0n) is 9.33. The summed E-state index contributed by atoms with van der Waals surface area (Å²) in [4.78, 5) is 23.4. The molecule has 1 unspecified atom stereocenters. The van der Waals surface area contributed by atoms with E-state index in [-0.39, 0.29) is 5.75 Å². The minimum atomic E-state index is -1.13. The molecule has 0 radical (unpaired) electrons. The van der Waals surface area contributed by atoms with Gasteiger partial charge in [-0.2, -0.15) is 0 Å². The molecule has 0 saturated carbocycles. The van der Waals surface area contributed by atoms with Crippen molar-refractivity contribution in [2.45, 2.75) is 12.5 Å². The average molecular weight is 238 g/mol. The largest absolute Gasteiger partial charge is 0.508 e. The van der Waals surface area contributed by atoms with Crippen LogP contribution >= 0.6 is 0 Å². The number of phenols is 1. The van der Waals surface area contributed by atoms with Crippen molar-refractivity contribution in [1.82, 2.24) is 0 Å². The van der Waals surface area contributed by atoms with Crippen molar-refractivity contribution < 1.29 is 19.8 Å². The number of anilines is 1. The van der Waals surface area contributed by atoms with Gasteiger partial charge in [0.2, 0.25) is 5.91 Å². The van der Waals surface area contributed by atoms with Gasteiger partial charge in [-0.3, -0.25) is 9.59 Å². The third-order valence-electron chi connectivity index (χ3n) is 2.26. The van der Waals surface area contributed by atoms with E-state index in [1.807, 2.05) is 0 Å². The predicted octanol–water partition coefficient (Wildman–Crippen LogP) is 0.157. The summed E-state index contributed by atoms with van der Waals surface area (Å²) in [5.41, 5.74) is 5.91. The molecule has 1 amide bonds. The first-order valence-electron chi connectivity index (χ1n) is 4.96. The van der Waals surface area contributed by atoms with E-state index >= 15 is 0 Å². The van der Waals surface area contributed by atoms with Gasteiger partial charge < -0.3 is 20.8 Å². The van der Waals surface area contributed by atoms with Crippen LogP contribution in [0.1, 0.15) is 6.42 Å². The Morgan fingerprint density at radius 3 is 2.65 bits per heavy atom. The molecule has 6 nitrogen and oxygen atoms in total. The van der Waals surface area contributed by atoms with Crippen LogP contribution < -0.4 is 10.6 Å². The van der Waals surface area contributed by atoms with Gasteiger partial charge >= 0.3 is 5.97 Å². The summed E-state index contributed by atoms with van der Waals surface area (Å²) in [6.45, 7) is 0. The van der Waals surface area contributed by atoms with Crippen molar-refractivity contribution >= 4 is 17.6 Å². The van der Waals surface area contributed by atoms with Crippen LogP contribution in [0.3, 0.4) is 0 Å². The number of carboxylic acid groups (broad SMARTS) is 1. The molecule has 1 aromatic carbocycles. The Morgan fingerprint density at radius 2 is 2.12 bits per heavy atom. The summed E-state index contributed by atoms with van der Waals surface area (Å²) in [6, 6.07) is 4.96. The lowest BCUT2D eigenvalue weighted by molar-refractivity contribution is -0.139. The topological polar surface area (TPSA) is 104 Å². The van der Waals surface area contributed by atoms with Crippen LogP contribution in [0, 0.1) is 0 Å². The van der Waals surface area contributed by atoms with E-state index in [9.17, 15) is 14.7 Å². The summed E-state index contributed by atoms with van der Waals surface area (Å²) in [7, 11) is 1.47. The lowest BCUT2D eigenvalue weighted by Crippen LogP contribution is -2.43. The molecule has 92 valence electrons. The smallest absolute Gasteiger partial charge is 0.305 e. The molecule has 0 fully saturated rings. The van der Waals surface area contributed by atoms with Crippen LogP contribution in [0.4, 0.5) is 5.69 Å². The number of carboxylic acids is 1. The monoisotopic (exact) mass is 238 g/mol. The third-order valence-corrected chi connectivity index (χ3v) is 2.26. The minimum Gasteiger partial charge on any atom is -0.508 e. The molecular formula is C11H14N2O4. The van der Waals surface area contributed by atoms with E-state index in [4.69, 9.17) is 10.8 Å². The second kappa shape index (κ2) is 5.31. The summed E-state index contributed by atoms with van der Waals surface area (Å²) < 4.78 is 0. The fraction of sp³-hybridized carbons (Fsp3) is 0.273. The van der Waals surface area contributed by atoms with Gasteiger partial charge in [-0.05, 0) is 12.1 Å². The van der Waals surface area contributed by atoms with Crippen LogP contribution in [0.25, 0.3) is 0 Å². The van der Waals surface area contributed by atoms with E-state index in [0.29, 0.717) is 5.69 Å². The van der Waals surface area contributed by atoms with Crippen molar-refractivity contribution in [2.24, 2.45) is 5.73 Å². The van der Waals surface area contributed by atoms with Crippen LogP contribution in [-0.4, -0.2) is 35.2 Å². The van der Waals surface area contributed by atoms with E-state index in [1.54, 1.807) is 12.1 Å². The van der Waals surface area contributed by atoms with Crippen LogP contribution in [0.15, 0.2) is 24.3 Å². The number of aromatic hydroxyl groups is 1. The number of carbonyl (C=O) groups is 2. The Labute approximate surface area is 98.3 Å².